The van der Waals surface area contributed by atoms with Gasteiger partial charge in [-0.15, -0.1) is 0 Å². The molecule has 0 unspecified atom stereocenters. The van der Waals surface area contributed by atoms with Gasteiger partial charge in [0, 0.05) is 10.9 Å². The molecule has 0 spiro atoms. The average Bonchev–Trinajstić information content (AvgIpc) is 3.38. The minimum Gasteiger partial charge on any atom is -0.480 e. The molecule has 6 heteroatoms. The lowest BCUT2D eigenvalue weighted by Crippen LogP contribution is -2.42. The van der Waals surface area contributed by atoms with Crippen LogP contribution in [0.4, 0.5) is 4.79 Å². The second-order valence-corrected chi connectivity index (χ2v) is 8.65. The summed E-state index contributed by atoms with van der Waals surface area (Å²) in [5, 5.41) is 10.3. The Labute approximate surface area is 191 Å². The first-order valence-electron chi connectivity index (χ1n) is 10.7. The number of halogens is 1. The van der Waals surface area contributed by atoms with Crippen LogP contribution in [0.5, 0.6) is 0 Å². The van der Waals surface area contributed by atoms with Crippen LogP contribution in [-0.4, -0.2) is 34.7 Å². The molecule has 0 radical (unpaired) electrons. The standard InChI is InChI=1S/C26H22ClNO4/c27-17-11-9-16(10-12-17)23-13-14-24(25(29)30)28(23)26(31)32-15-22-20-7-3-1-5-18(20)19-6-2-4-8-21(19)22/h1-12,22-24H,13-15H2,(H,29,30)/t23-,24-/m0/s1. The number of carbonyl (C=O) groups excluding carboxylic acids is 1. The molecule has 2 atom stereocenters. The lowest BCUT2D eigenvalue weighted by atomic mass is 9.98. The Morgan fingerprint density at radius 3 is 2.09 bits per heavy atom. The Bertz CT molecular complexity index is 1130. The quantitative estimate of drug-likeness (QED) is 0.542. The Morgan fingerprint density at radius 1 is 0.906 bits per heavy atom. The van der Waals surface area contributed by atoms with Crippen molar-refractivity contribution in [3.8, 4) is 11.1 Å². The number of likely N-dealkylation sites (tertiary alicyclic amines) is 1. The van der Waals surface area contributed by atoms with E-state index in [-0.39, 0.29) is 18.6 Å². The van der Waals surface area contributed by atoms with Gasteiger partial charge in [0.05, 0.1) is 6.04 Å². The number of hydrogen-bond donors (Lipinski definition) is 1. The molecule has 2 aliphatic rings. The van der Waals surface area contributed by atoms with Crippen LogP contribution in [0, 0.1) is 0 Å². The molecular formula is C26H22ClNO4. The number of benzene rings is 3. The molecule has 1 saturated heterocycles. The number of carboxylic acid groups (broad SMARTS) is 1. The van der Waals surface area contributed by atoms with Crippen LogP contribution in [0.25, 0.3) is 11.1 Å². The van der Waals surface area contributed by atoms with Crippen molar-refractivity contribution in [2.75, 3.05) is 6.61 Å². The first-order valence-corrected chi connectivity index (χ1v) is 11.0. The van der Waals surface area contributed by atoms with E-state index in [1.165, 1.54) is 4.90 Å². The van der Waals surface area contributed by atoms with Gasteiger partial charge in [-0.25, -0.2) is 9.59 Å². The van der Waals surface area contributed by atoms with Crippen molar-refractivity contribution < 1.29 is 19.4 Å². The number of aliphatic carboxylic acids is 1. The zero-order chi connectivity index (χ0) is 22.2. The number of carboxylic acids is 1. The Hall–Kier alpha value is -3.31. The molecular weight excluding hydrogens is 426 g/mol. The van der Waals surface area contributed by atoms with Gasteiger partial charge in [-0.05, 0) is 52.8 Å². The maximum absolute atomic E-state index is 13.2. The highest BCUT2D eigenvalue weighted by molar-refractivity contribution is 6.30. The Kier molecular flexibility index (Phi) is 5.35. The van der Waals surface area contributed by atoms with Crippen LogP contribution in [0.2, 0.25) is 5.02 Å². The van der Waals surface area contributed by atoms with Gasteiger partial charge in [-0.2, -0.15) is 0 Å². The molecule has 1 amide bonds. The molecule has 162 valence electrons. The van der Waals surface area contributed by atoms with Crippen LogP contribution in [0.1, 0.15) is 41.5 Å². The number of ether oxygens (including phenoxy) is 1. The highest BCUT2D eigenvalue weighted by atomic mass is 35.5. The molecule has 1 heterocycles. The summed E-state index contributed by atoms with van der Waals surface area (Å²) >= 11 is 6.00. The summed E-state index contributed by atoms with van der Waals surface area (Å²) in [7, 11) is 0. The van der Waals surface area contributed by atoms with E-state index in [0.717, 1.165) is 27.8 Å². The van der Waals surface area contributed by atoms with Gasteiger partial charge in [0.1, 0.15) is 12.6 Å². The zero-order valence-electron chi connectivity index (χ0n) is 17.3. The van der Waals surface area contributed by atoms with Crippen LogP contribution in [0.3, 0.4) is 0 Å². The molecule has 0 bridgehead atoms. The summed E-state index contributed by atoms with van der Waals surface area (Å²) in [6.07, 6.45) is 0.340. The van der Waals surface area contributed by atoms with Gasteiger partial charge in [0.25, 0.3) is 0 Å². The fourth-order valence-electron chi connectivity index (χ4n) is 4.99. The smallest absolute Gasteiger partial charge is 0.411 e. The molecule has 5 rings (SSSR count). The fraction of sp³-hybridized carbons (Fsp3) is 0.231. The molecule has 32 heavy (non-hydrogen) atoms. The van der Waals surface area contributed by atoms with Crippen LogP contribution >= 0.6 is 11.6 Å². The van der Waals surface area contributed by atoms with E-state index >= 15 is 0 Å². The minimum absolute atomic E-state index is 0.0776. The third-order valence-electron chi connectivity index (χ3n) is 6.47. The molecule has 1 aliphatic carbocycles. The fourth-order valence-corrected chi connectivity index (χ4v) is 5.11. The van der Waals surface area contributed by atoms with Crippen LogP contribution < -0.4 is 0 Å². The maximum atomic E-state index is 13.2. The van der Waals surface area contributed by atoms with Crippen molar-refractivity contribution in [1.82, 2.24) is 4.90 Å². The van der Waals surface area contributed by atoms with Gasteiger partial charge in [0.15, 0.2) is 0 Å². The topological polar surface area (TPSA) is 66.8 Å². The summed E-state index contributed by atoms with van der Waals surface area (Å²) in [6.45, 7) is 0.156. The number of amides is 1. The summed E-state index contributed by atoms with van der Waals surface area (Å²) in [5.41, 5.74) is 5.38. The minimum atomic E-state index is -1.02. The predicted molar refractivity (Wildman–Crippen MR) is 122 cm³/mol. The molecule has 3 aromatic rings. The lowest BCUT2D eigenvalue weighted by Gasteiger charge is -2.28. The van der Waals surface area contributed by atoms with E-state index < -0.39 is 18.1 Å². The normalized spacial score (nSPS) is 19.5. The van der Waals surface area contributed by atoms with Gasteiger partial charge in [0.2, 0.25) is 0 Å². The van der Waals surface area contributed by atoms with Crippen LogP contribution in [-0.2, 0) is 9.53 Å². The summed E-state index contributed by atoms with van der Waals surface area (Å²) in [6, 6.07) is 22.1. The SMILES string of the molecule is O=C(O)[C@@H]1CC[C@@H](c2ccc(Cl)cc2)N1C(=O)OCC1c2ccccc2-c2ccccc21. The van der Waals surface area contributed by atoms with E-state index in [1.807, 2.05) is 36.4 Å². The second kappa shape index (κ2) is 8.32. The average molecular weight is 448 g/mol. The molecule has 1 aliphatic heterocycles. The van der Waals surface area contributed by atoms with Gasteiger partial charge in [-0.3, -0.25) is 4.90 Å². The summed E-state index contributed by atoms with van der Waals surface area (Å²) < 4.78 is 5.78. The van der Waals surface area contributed by atoms with Crippen molar-refractivity contribution in [1.29, 1.82) is 0 Å². The lowest BCUT2D eigenvalue weighted by molar-refractivity contribution is -0.142. The van der Waals surface area contributed by atoms with E-state index in [0.29, 0.717) is 17.9 Å². The Balaban J connectivity index is 1.39. The van der Waals surface area contributed by atoms with Crippen molar-refractivity contribution in [3.05, 3.63) is 94.5 Å². The van der Waals surface area contributed by atoms with Gasteiger partial charge in [-0.1, -0.05) is 72.3 Å². The third-order valence-corrected chi connectivity index (χ3v) is 6.72. The number of hydrogen-bond acceptors (Lipinski definition) is 3. The predicted octanol–water partition coefficient (Wildman–Crippen LogP) is 5.88. The van der Waals surface area contributed by atoms with E-state index in [1.54, 1.807) is 12.1 Å². The van der Waals surface area contributed by atoms with Gasteiger partial charge >= 0.3 is 12.1 Å². The first-order chi connectivity index (χ1) is 15.5. The highest BCUT2D eigenvalue weighted by Gasteiger charge is 2.43. The number of carbonyl (C=O) groups is 2. The first kappa shape index (κ1) is 20.6. The molecule has 3 aromatic carbocycles. The van der Waals surface area contributed by atoms with Crippen molar-refractivity contribution in [3.63, 3.8) is 0 Å². The number of nitrogens with zero attached hydrogens (tertiary/aromatic N) is 1. The zero-order valence-corrected chi connectivity index (χ0v) is 18.0. The van der Waals surface area contributed by atoms with Crippen LogP contribution in [0.15, 0.2) is 72.8 Å². The monoisotopic (exact) mass is 447 g/mol. The molecule has 1 fully saturated rings. The highest BCUT2D eigenvalue weighted by Crippen LogP contribution is 2.45. The molecule has 5 nitrogen and oxygen atoms in total. The molecule has 1 N–H and O–H groups in total. The van der Waals surface area contributed by atoms with E-state index in [9.17, 15) is 14.7 Å². The molecule has 0 aromatic heterocycles. The maximum Gasteiger partial charge on any atom is 0.411 e. The van der Waals surface area contributed by atoms with Gasteiger partial charge < -0.3 is 9.84 Å². The van der Waals surface area contributed by atoms with Crippen molar-refractivity contribution in [2.45, 2.75) is 30.8 Å². The number of rotatable bonds is 4. The second-order valence-electron chi connectivity index (χ2n) is 8.21. The summed E-state index contributed by atoms with van der Waals surface area (Å²) in [5.74, 6) is -1.10. The molecule has 0 saturated carbocycles. The Morgan fingerprint density at radius 2 is 1.50 bits per heavy atom. The van der Waals surface area contributed by atoms with Crippen molar-refractivity contribution >= 4 is 23.7 Å². The number of fused-ring (bicyclic) bond motifs is 3. The van der Waals surface area contributed by atoms with Crippen molar-refractivity contribution in [2.24, 2.45) is 0 Å². The summed E-state index contributed by atoms with van der Waals surface area (Å²) in [4.78, 5) is 26.4. The van der Waals surface area contributed by atoms with E-state index in [2.05, 4.69) is 24.3 Å². The largest absolute Gasteiger partial charge is 0.480 e. The van der Waals surface area contributed by atoms with E-state index in [4.69, 9.17) is 16.3 Å². The third kappa shape index (κ3) is 3.53.